The van der Waals surface area contributed by atoms with Gasteiger partial charge in [0.25, 0.3) is 0 Å². The number of halogens is 4. The highest BCUT2D eigenvalue weighted by molar-refractivity contribution is 14.1. The van der Waals surface area contributed by atoms with Crippen LogP contribution in [0.3, 0.4) is 0 Å². The standard InChI is InChI=1S/C39H48I4N6O11/c40-32-19-28(21-36(50)51)20-33(41)38(32)60-31-22-34(42)37(35(43)23-31)59-26-29-25-47-48-49(29)5-6-52-7-8-53-9-10-54-11-12-55-13-14-56-15-16-57-17-18-58-30-3-1-27(2-4-30)24-46-39(44)45/h1-4,19-20,22-23,25H,5-18,21,24,26H2,(H,50,51)(H4,44,45,46). The van der Waals surface area contributed by atoms with E-state index < -0.39 is 5.97 Å². The quantitative estimate of drug-likeness (QED) is 0.0240. The van der Waals surface area contributed by atoms with E-state index in [9.17, 15) is 4.79 Å². The number of guanidine groups is 1. The number of carboxylic acid groups (broad SMARTS) is 1. The molecule has 1 heterocycles. The maximum atomic E-state index is 11.1. The maximum absolute atomic E-state index is 11.1. The highest BCUT2D eigenvalue weighted by atomic mass is 127. The SMILES string of the molecule is NC(N)=NCc1ccc(OCCOCCOCCOCCOCCOCCOCCn2nncc2COc2c(I)cc(Oc3c(I)cc(CC(=O)O)cc3I)cc2I)cc1. The summed E-state index contributed by atoms with van der Waals surface area (Å²) < 4.78 is 56.8. The Morgan fingerprint density at radius 2 is 1.13 bits per heavy atom. The van der Waals surface area contributed by atoms with Crippen molar-refractivity contribution in [2.75, 3.05) is 85.9 Å². The number of ether oxygens (including phenoxy) is 9. The van der Waals surface area contributed by atoms with E-state index in [4.69, 9.17) is 59.2 Å². The number of carboxylic acids is 1. The molecular formula is C39H48I4N6O11. The van der Waals surface area contributed by atoms with Crippen LogP contribution in [0.2, 0.25) is 0 Å². The van der Waals surface area contributed by atoms with E-state index in [-0.39, 0.29) is 19.0 Å². The van der Waals surface area contributed by atoms with Crippen LogP contribution in [-0.2, 0) is 59.3 Å². The van der Waals surface area contributed by atoms with E-state index in [2.05, 4.69) is 106 Å². The van der Waals surface area contributed by atoms with E-state index in [1.807, 2.05) is 48.5 Å². The third kappa shape index (κ3) is 19.8. The van der Waals surface area contributed by atoms with E-state index in [0.29, 0.717) is 110 Å². The maximum Gasteiger partial charge on any atom is 0.307 e. The highest BCUT2D eigenvalue weighted by Crippen LogP contribution is 2.37. The minimum absolute atomic E-state index is 0.0413. The fourth-order valence-corrected chi connectivity index (χ4v) is 9.15. The lowest BCUT2D eigenvalue weighted by atomic mass is 10.1. The molecule has 0 saturated carbocycles. The molecule has 0 fully saturated rings. The van der Waals surface area contributed by atoms with Crippen LogP contribution in [0, 0.1) is 14.3 Å². The van der Waals surface area contributed by atoms with Crippen LogP contribution in [0.25, 0.3) is 0 Å². The van der Waals surface area contributed by atoms with E-state index in [1.54, 1.807) is 10.9 Å². The molecule has 0 aliphatic heterocycles. The molecule has 0 spiro atoms. The van der Waals surface area contributed by atoms with Crippen LogP contribution in [-0.4, -0.2) is 118 Å². The van der Waals surface area contributed by atoms with Crippen molar-refractivity contribution >= 4 is 102 Å². The molecule has 0 amide bonds. The van der Waals surface area contributed by atoms with Gasteiger partial charge in [-0.05, 0) is 138 Å². The summed E-state index contributed by atoms with van der Waals surface area (Å²) >= 11 is 8.78. The molecule has 0 radical (unpaired) electrons. The summed E-state index contributed by atoms with van der Waals surface area (Å²) in [5, 5.41) is 17.4. The first-order valence-corrected chi connectivity index (χ1v) is 23.0. The van der Waals surface area contributed by atoms with Crippen molar-refractivity contribution in [2.45, 2.75) is 26.1 Å². The topological polar surface area (TPSA) is 215 Å². The van der Waals surface area contributed by atoms with Gasteiger partial charge in [0.1, 0.15) is 30.5 Å². The summed E-state index contributed by atoms with van der Waals surface area (Å²) in [4.78, 5) is 15.1. The lowest BCUT2D eigenvalue weighted by Crippen LogP contribution is -2.22. The Morgan fingerprint density at radius 3 is 1.65 bits per heavy atom. The van der Waals surface area contributed by atoms with Crippen LogP contribution < -0.4 is 25.7 Å². The van der Waals surface area contributed by atoms with Gasteiger partial charge in [-0.2, -0.15) is 0 Å². The van der Waals surface area contributed by atoms with Gasteiger partial charge >= 0.3 is 5.97 Å². The molecule has 0 atom stereocenters. The summed E-state index contributed by atoms with van der Waals surface area (Å²) in [6.07, 6.45) is 1.64. The van der Waals surface area contributed by atoms with Crippen molar-refractivity contribution in [3.8, 4) is 23.0 Å². The van der Waals surface area contributed by atoms with Crippen molar-refractivity contribution < 1.29 is 52.5 Å². The van der Waals surface area contributed by atoms with Crippen molar-refractivity contribution in [1.29, 1.82) is 0 Å². The van der Waals surface area contributed by atoms with Crippen LogP contribution in [0.5, 0.6) is 23.0 Å². The van der Waals surface area contributed by atoms with E-state index >= 15 is 0 Å². The molecule has 21 heteroatoms. The van der Waals surface area contributed by atoms with Crippen LogP contribution in [0.4, 0.5) is 0 Å². The second-order valence-corrected chi connectivity index (χ2v) is 17.1. The first-order valence-electron chi connectivity index (χ1n) is 18.7. The Balaban J connectivity index is 0.952. The number of nitrogens with zero attached hydrogens (tertiary/aromatic N) is 4. The molecule has 1 aromatic heterocycles. The third-order valence-corrected chi connectivity index (χ3v) is 11.0. The van der Waals surface area contributed by atoms with Crippen LogP contribution in [0.15, 0.2) is 59.7 Å². The van der Waals surface area contributed by atoms with Crippen LogP contribution >= 0.6 is 90.4 Å². The average molecular weight is 1280 g/mol. The van der Waals surface area contributed by atoms with Gasteiger partial charge in [-0.25, -0.2) is 9.67 Å². The first-order chi connectivity index (χ1) is 29.1. The summed E-state index contributed by atoms with van der Waals surface area (Å²) in [7, 11) is 0. The summed E-state index contributed by atoms with van der Waals surface area (Å²) in [5.41, 5.74) is 13.2. The van der Waals surface area contributed by atoms with Gasteiger partial charge in [0, 0.05) is 0 Å². The molecule has 0 saturated heterocycles. The summed E-state index contributed by atoms with van der Waals surface area (Å²) in [6.45, 7) is 7.21. The Kier molecular flexibility index (Phi) is 24.4. The smallest absolute Gasteiger partial charge is 0.307 e. The molecule has 60 heavy (non-hydrogen) atoms. The van der Waals surface area contributed by atoms with Crippen LogP contribution in [0.1, 0.15) is 16.8 Å². The average Bonchev–Trinajstić information content (AvgIpc) is 3.66. The third-order valence-electron chi connectivity index (χ3n) is 7.84. The fraction of sp³-hybridized carbons (Fsp3) is 0.436. The largest absolute Gasteiger partial charge is 0.491 e. The first kappa shape index (κ1) is 50.3. The Morgan fingerprint density at radius 1 is 0.633 bits per heavy atom. The normalized spacial score (nSPS) is 11.1. The number of rotatable bonds is 31. The van der Waals surface area contributed by atoms with Gasteiger partial charge in [-0.1, -0.05) is 17.3 Å². The number of aromatic nitrogens is 3. The molecule has 4 rings (SSSR count). The molecule has 0 aliphatic rings. The Labute approximate surface area is 403 Å². The number of aliphatic imine (C=N–C) groups is 1. The number of carbonyl (C=O) groups is 1. The van der Waals surface area contributed by atoms with Gasteiger partial charge in [0.05, 0.1) is 125 Å². The van der Waals surface area contributed by atoms with Crippen molar-refractivity contribution in [3.63, 3.8) is 0 Å². The second kappa shape index (κ2) is 29.1. The molecule has 4 aromatic rings. The number of hydrogen-bond donors (Lipinski definition) is 3. The minimum Gasteiger partial charge on any atom is -0.491 e. The van der Waals surface area contributed by atoms with E-state index in [1.165, 1.54) is 0 Å². The van der Waals surface area contributed by atoms with Gasteiger partial charge in [-0.3, -0.25) is 4.79 Å². The second-order valence-electron chi connectivity index (χ2n) is 12.4. The fourth-order valence-electron chi connectivity index (χ4n) is 5.01. The lowest BCUT2D eigenvalue weighted by molar-refractivity contribution is -0.136. The zero-order valence-electron chi connectivity index (χ0n) is 32.7. The number of hydrogen-bond acceptors (Lipinski definition) is 13. The highest BCUT2D eigenvalue weighted by Gasteiger charge is 2.16. The van der Waals surface area contributed by atoms with Crippen molar-refractivity contribution in [2.24, 2.45) is 16.5 Å². The molecule has 17 nitrogen and oxygen atoms in total. The zero-order valence-corrected chi connectivity index (χ0v) is 41.3. The molecule has 5 N–H and O–H groups in total. The number of benzene rings is 3. The molecule has 328 valence electrons. The predicted molar refractivity (Wildman–Crippen MR) is 256 cm³/mol. The van der Waals surface area contributed by atoms with Gasteiger partial charge in [-0.15, -0.1) is 5.10 Å². The molecule has 0 bridgehead atoms. The Hall–Kier alpha value is -2.38. The molecule has 3 aromatic carbocycles. The molecular weight excluding hydrogens is 1240 g/mol. The zero-order chi connectivity index (χ0) is 43.0. The molecule has 0 unspecified atom stereocenters. The summed E-state index contributed by atoms with van der Waals surface area (Å²) in [5.74, 6) is 2.01. The molecule has 0 aliphatic carbocycles. The lowest BCUT2D eigenvalue weighted by Gasteiger charge is -2.15. The van der Waals surface area contributed by atoms with Gasteiger partial charge < -0.3 is 59.2 Å². The number of aliphatic carboxylic acids is 1. The van der Waals surface area contributed by atoms with Crippen molar-refractivity contribution in [1.82, 2.24) is 15.0 Å². The van der Waals surface area contributed by atoms with Gasteiger partial charge in [0.15, 0.2) is 11.7 Å². The monoisotopic (exact) mass is 1280 g/mol. The number of nitrogens with two attached hydrogens (primary N) is 2. The van der Waals surface area contributed by atoms with E-state index in [0.717, 1.165) is 42.6 Å². The summed E-state index contributed by atoms with van der Waals surface area (Å²) in [6, 6.07) is 15.0. The van der Waals surface area contributed by atoms with Gasteiger partial charge in [0.2, 0.25) is 0 Å². The van der Waals surface area contributed by atoms with Crippen molar-refractivity contribution in [3.05, 3.63) is 85.8 Å². The predicted octanol–water partition coefficient (Wildman–Crippen LogP) is 5.65. The Bertz CT molecular complexity index is 1870. The minimum atomic E-state index is -0.874.